The Labute approximate surface area is 164 Å². The predicted molar refractivity (Wildman–Crippen MR) is 112 cm³/mol. The zero-order valence-corrected chi connectivity index (χ0v) is 17.0. The third kappa shape index (κ3) is 5.40. The van der Waals surface area contributed by atoms with Gasteiger partial charge in [0.2, 0.25) is 0 Å². The van der Waals surface area contributed by atoms with Crippen molar-refractivity contribution in [3.8, 4) is 11.3 Å². The Bertz CT molecular complexity index is 699. The number of hydrogen-bond donors (Lipinski definition) is 0. The molecule has 2 aromatic rings. The van der Waals surface area contributed by atoms with Gasteiger partial charge in [-0.3, -0.25) is 4.98 Å². The van der Waals surface area contributed by atoms with Gasteiger partial charge in [0.1, 0.15) is 5.82 Å². The van der Waals surface area contributed by atoms with Gasteiger partial charge in [-0.2, -0.15) is 0 Å². The largest absolute Gasteiger partial charge is 0.256 e. The van der Waals surface area contributed by atoms with Gasteiger partial charge in [-0.15, -0.1) is 0 Å². The maximum absolute atomic E-state index is 14.8. The minimum absolute atomic E-state index is 0.130. The molecule has 0 atom stereocenters. The maximum atomic E-state index is 14.8. The minimum Gasteiger partial charge on any atom is -0.256 e. The first kappa shape index (κ1) is 20.0. The fourth-order valence-corrected chi connectivity index (χ4v) is 4.50. The standard InChI is InChI=1S/C25H34FN/c1-3-5-6-8-20-11-16-25(27-18-20)23-15-14-22(17-24(23)26)21-12-9-19(7-4-2)10-13-21/h11,14-19,21H,3-10,12-13H2,1-2H3/t19-,21-. The lowest BCUT2D eigenvalue weighted by atomic mass is 9.77. The van der Waals surface area contributed by atoms with Crippen molar-refractivity contribution in [1.82, 2.24) is 4.98 Å². The van der Waals surface area contributed by atoms with Crippen molar-refractivity contribution in [3.05, 3.63) is 53.5 Å². The number of pyridine rings is 1. The molecular formula is C25H34FN. The van der Waals surface area contributed by atoms with Crippen LogP contribution < -0.4 is 0 Å². The molecule has 1 heterocycles. The van der Waals surface area contributed by atoms with Crippen LogP contribution in [0, 0.1) is 11.7 Å². The van der Waals surface area contributed by atoms with Crippen LogP contribution in [0.5, 0.6) is 0 Å². The van der Waals surface area contributed by atoms with Crippen LogP contribution in [0.3, 0.4) is 0 Å². The summed E-state index contributed by atoms with van der Waals surface area (Å²) in [5.74, 6) is 1.28. The first-order valence-electron chi connectivity index (χ1n) is 11.0. The lowest BCUT2D eigenvalue weighted by Crippen LogP contribution is -2.13. The van der Waals surface area contributed by atoms with Crippen molar-refractivity contribution in [2.24, 2.45) is 5.92 Å². The Morgan fingerprint density at radius 3 is 2.41 bits per heavy atom. The summed E-state index contributed by atoms with van der Waals surface area (Å²) in [6.07, 6.45) is 14.3. The molecule has 0 amide bonds. The lowest BCUT2D eigenvalue weighted by Gasteiger charge is -2.28. The van der Waals surface area contributed by atoms with E-state index in [1.54, 1.807) is 6.07 Å². The van der Waals surface area contributed by atoms with E-state index in [2.05, 4.69) is 31.0 Å². The third-order valence-electron chi connectivity index (χ3n) is 6.18. The molecule has 0 bridgehead atoms. The van der Waals surface area contributed by atoms with Crippen molar-refractivity contribution >= 4 is 0 Å². The molecule has 2 heteroatoms. The van der Waals surface area contributed by atoms with Gasteiger partial charge < -0.3 is 0 Å². The van der Waals surface area contributed by atoms with Gasteiger partial charge in [0, 0.05) is 11.8 Å². The van der Waals surface area contributed by atoms with Gasteiger partial charge in [0.05, 0.1) is 5.69 Å². The molecule has 1 aromatic heterocycles. The zero-order valence-electron chi connectivity index (χ0n) is 17.0. The van der Waals surface area contributed by atoms with E-state index in [-0.39, 0.29) is 5.82 Å². The number of halogens is 1. The van der Waals surface area contributed by atoms with E-state index >= 15 is 0 Å². The summed E-state index contributed by atoms with van der Waals surface area (Å²) in [6, 6.07) is 9.88. The molecule has 1 saturated carbocycles. The van der Waals surface area contributed by atoms with Crippen LogP contribution in [-0.2, 0) is 6.42 Å². The molecule has 1 aliphatic rings. The van der Waals surface area contributed by atoms with Crippen molar-refractivity contribution in [3.63, 3.8) is 0 Å². The normalized spacial score (nSPS) is 20.0. The SMILES string of the molecule is CCCCCc1ccc(-c2ccc([C@H]3CC[C@H](CCC)CC3)cc2F)nc1. The quantitative estimate of drug-likeness (QED) is 0.436. The number of hydrogen-bond acceptors (Lipinski definition) is 1. The van der Waals surface area contributed by atoms with Crippen molar-refractivity contribution in [2.75, 3.05) is 0 Å². The second-order valence-electron chi connectivity index (χ2n) is 8.25. The molecule has 27 heavy (non-hydrogen) atoms. The molecule has 0 spiro atoms. The molecule has 1 fully saturated rings. The molecule has 0 N–H and O–H groups in total. The molecule has 1 aliphatic carbocycles. The molecular weight excluding hydrogens is 333 g/mol. The topological polar surface area (TPSA) is 12.9 Å². The van der Waals surface area contributed by atoms with Gasteiger partial charge in [0.15, 0.2) is 0 Å². The Morgan fingerprint density at radius 2 is 1.78 bits per heavy atom. The Kier molecular flexibility index (Phi) is 7.43. The molecule has 0 saturated heterocycles. The summed E-state index contributed by atoms with van der Waals surface area (Å²) >= 11 is 0. The van der Waals surface area contributed by atoms with Gasteiger partial charge in [-0.25, -0.2) is 4.39 Å². The molecule has 3 rings (SSSR count). The third-order valence-corrected chi connectivity index (χ3v) is 6.18. The van der Waals surface area contributed by atoms with Crippen LogP contribution in [0.25, 0.3) is 11.3 Å². The molecule has 0 radical (unpaired) electrons. The van der Waals surface area contributed by atoms with Gasteiger partial charge in [-0.05, 0) is 79.7 Å². The predicted octanol–water partition coefficient (Wildman–Crippen LogP) is 7.69. The smallest absolute Gasteiger partial charge is 0.132 e. The number of aromatic nitrogens is 1. The van der Waals surface area contributed by atoms with Crippen molar-refractivity contribution in [2.45, 2.75) is 84.0 Å². The Hall–Kier alpha value is -1.70. The zero-order chi connectivity index (χ0) is 19.1. The highest BCUT2D eigenvalue weighted by molar-refractivity contribution is 5.60. The first-order chi connectivity index (χ1) is 13.2. The summed E-state index contributed by atoms with van der Waals surface area (Å²) in [5, 5.41) is 0. The molecule has 146 valence electrons. The van der Waals surface area contributed by atoms with E-state index in [0.29, 0.717) is 11.5 Å². The lowest BCUT2D eigenvalue weighted by molar-refractivity contribution is 0.308. The molecule has 1 aromatic carbocycles. The van der Waals surface area contributed by atoms with Crippen LogP contribution in [0.2, 0.25) is 0 Å². The summed E-state index contributed by atoms with van der Waals surface area (Å²) in [7, 11) is 0. The van der Waals surface area contributed by atoms with Crippen LogP contribution in [0.1, 0.15) is 88.7 Å². The summed E-state index contributed by atoms with van der Waals surface area (Å²) in [4.78, 5) is 4.52. The Balaban J connectivity index is 1.64. The van der Waals surface area contributed by atoms with Crippen LogP contribution in [0.15, 0.2) is 36.5 Å². The fourth-order valence-electron chi connectivity index (χ4n) is 4.50. The number of nitrogens with zero attached hydrogens (tertiary/aromatic N) is 1. The average molecular weight is 368 g/mol. The highest BCUT2D eigenvalue weighted by atomic mass is 19.1. The fraction of sp³-hybridized carbons (Fsp3) is 0.560. The molecule has 0 unspecified atom stereocenters. The molecule has 0 aliphatic heterocycles. The van der Waals surface area contributed by atoms with Gasteiger partial charge in [-0.1, -0.05) is 51.7 Å². The summed E-state index contributed by atoms with van der Waals surface area (Å²) < 4.78 is 14.8. The van der Waals surface area contributed by atoms with E-state index in [0.717, 1.165) is 18.0 Å². The van der Waals surface area contributed by atoms with Crippen molar-refractivity contribution in [1.29, 1.82) is 0 Å². The minimum atomic E-state index is -0.130. The van der Waals surface area contributed by atoms with Gasteiger partial charge in [0.25, 0.3) is 0 Å². The number of rotatable bonds is 8. The van der Waals surface area contributed by atoms with E-state index in [1.165, 1.54) is 68.9 Å². The Morgan fingerprint density at radius 1 is 0.963 bits per heavy atom. The average Bonchev–Trinajstić information content (AvgIpc) is 2.70. The first-order valence-corrected chi connectivity index (χ1v) is 11.0. The van der Waals surface area contributed by atoms with Crippen LogP contribution in [-0.4, -0.2) is 4.98 Å². The monoisotopic (exact) mass is 367 g/mol. The molecule has 1 nitrogen and oxygen atoms in total. The summed E-state index contributed by atoms with van der Waals surface area (Å²) in [6.45, 7) is 4.48. The van der Waals surface area contributed by atoms with Gasteiger partial charge >= 0.3 is 0 Å². The van der Waals surface area contributed by atoms with E-state index < -0.39 is 0 Å². The van der Waals surface area contributed by atoms with Crippen molar-refractivity contribution < 1.29 is 4.39 Å². The van der Waals surface area contributed by atoms with E-state index in [9.17, 15) is 4.39 Å². The highest BCUT2D eigenvalue weighted by Gasteiger charge is 2.22. The summed E-state index contributed by atoms with van der Waals surface area (Å²) in [5.41, 5.74) is 3.78. The highest BCUT2D eigenvalue weighted by Crippen LogP contribution is 2.38. The van der Waals surface area contributed by atoms with E-state index in [4.69, 9.17) is 0 Å². The number of unbranched alkanes of at least 4 members (excludes halogenated alkanes) is 2. The number of aryl methyl sites for hydroxylation is 1. The number of benzene rings is 1. The second-order valence-corrected chi connectivity index (χ2v) is 8.25. The van der Waals surface area contributed by atoms with Crippen LogP contribution >= 0.6 is 0 Å². The van der Waals surface area contributed by atoms with Crippen LogP contribution in [0.4, 0.5) is 4.39 Å². The second kappa shape index (κ2) is 10.0. The van der Waals surface area contributed by atoms with E-state index in [1.807, 2.05) is 18.3 Å². The maximum Gasteiger partial charge on any atom is 0.132 e.